The summed E-state index contributed by atoms with van der Waals surface area (Å²) in [4.78, 5) is 12.4. The quantitative estimate of drug-likeness (QED) is 0.667. The van der Waals surface area contributed by atoms with Crippen LogP contribution in [0.1, 0.15) is 28.8 Å². The van der Waals surface area contributed by atoms with Crippen molar-refractivity contribution in [2.24, 2.45) is 0 Å². The fourth-order valence-corrected chi connectivity index (χ4v) is 2.43. The number of amides is 1. The number of hydrogen-bond acceptors (Lipinski definition) is 7. The molecule has 0 unspecified atom stereocenters. The molecule has 1 amide bonds. The standard InChI is InChI=1S/C15H15F3N8O2/c1-3-25-8-20-22-11(25)7-19-14(27)9-6-21-26(13(9)15(16,17)18)10-4-5-12(28-2)24-23-10/h4-6,8H,3,7H2,1-2H3,(H,19,27). The number of methoxy groups -OCH3 is 1. The summed E-state index contributed by atoms with van der Waals surface area (Å²) < 4.78 is 47.9. The van der Waals surface area contributed by atoms with E-state index >= 15 is 0 Å². The normalized spacial score (nSPS) is 11.5. The predicted octanol–water partition coefficient (Wildman–Crippen LogP) is 1.23. The van der Waals surface area contributed by atoms with Gasteiger partial charge in [0.25, 0.3) is 5.91 Å². The summed E-state index contributed by atoms with van der Waals surface area (Å²) in [6.45, 7) is 2.31. The molecule has 3 aromatic heterocycles. The van der Waals surface area contributed by atoms with Crippen molar-refractivity contribution in [3.63, 3.8) is 0 Å². The van der Waals surface area contributed by atoms with Crippen LogP contribution < -0.4 is 10.1 Å². The number of halogens is 3. The third-order valence-electron chi connectivity index (χ3n) is 3.78. The zero-order chi connectivity index (χ0) is 20.3. The molecule has 0 radical (unpaired) electrons. The molecular weight excluding hydrogens is 381 g/mol. The minimum Gasteiger partial charge on any atom is -0.480 e. The van der Waals surface area contributed by atoms with Crippen LogP contribution in [-0.4, -0.2) is 47.8 Å². The van der Waals surface area contributed by atoms with Crippen LogP contribution in [0.15, 0.2) is 24.7 Å². The maximum Gasteiger partial charge on any atom is 0.434 e. The van der Waals surface area contributed by atoms with Gasteiger partial charge in [-0.1, -0.05) is 0 Å². The molecule has 0 bridgehead atoms. The van der Waals surface area contributed by atoms with Crippen LogP contribution in [0.2, 0.25) is 0 Å². The van der Waals surface area contributed by atoms with Crippen molar-refractivity contribution < 1.29 is 22.7 Å². The number of carbonyl (C=O) groups excluding carboxylic acids is 1. The number of hydrogen-bond donors (Lipinski definition) is 1. The smallest absolute Gasteiger partial charge is 0.434 e. The molecule has 0 aromatic carbocycles. The van der Waals surface area contributed by atoms with Gasteiger partial charge in [0.2, 0.25) is 5.88 Å². The van der Waals surface area contributed by atoms with E-state index in [0.29, 0.717) is 17.1 Å². The summed E-state index contributed by atoms with van der Waals surface area (Å²) in [5, 5.41) is 20.9. The fraction of sp³-hybridized carbons (Fsp3) is 0.333. The van der Waals surface area contributed by atoms with Crippen molar-refractivity contribution in [3.8, 4) is 11.7 Å². The van der Waals surface area contributed by atoms with Crippen molar-refractivity contribution in [2.45, 2.75) is 26.2 Å². The molecule has 10 nitrogen and oxygen atoms in total. The molecule has 28 heavy (non-hydrogen) atoms. The molecule has 0 aliphatic heterocycles. The van der Waals surface area contributed by atoms with E-state index in [2.05, 4.69) is 30.8 Å². The summed E-state index contributed by atoms with van der Waals surface area (Å²) in [7, 11) is 1.35. The molecule has 0 fully saturated rings. The van der Waals surface area contributed by atoms with Crippen LogP contribution in [0, 0.1) is 0 Å². The molecule has 0 saturated heterocycles. The molecule has 13 heteroatoms. The van der Waals surface area contributed by atoms with E-state index in [1.807, 2.05) is 6.92 Å². The van der Waals surface area contributed by atoms with Gasteiger partial charge in [-0.3, -0.25) is 4.79 Å². The Morgan fingerprint density at radius 2 is 2.04 bits per heavy atom. The van der Waals surface area contributed by atoms with E-state index in [-0.39, 0.29) is 18.2 Å². The number of aryl methyl sites for hydroxylation is 1. The van der Waals surface area contributed by atoms with Crippen molar-refractivity contribution in [1.29, 1.82) is 0 Å². The summed E-state index contributed by atoms with van der Waals surface area (Å²) in [5.74, 6) is -0.621. The first-order chi connectivity index (χ1) is 13.3. The van der Waals surface area contributed by atoms with E-state index in [1.54, 1.807) is 4.57 Å². The highest BCUT2D eigenvalue weighted by Crippen LogP contribution is 2.33. The number of alkyl halides is 3. The predicted molar refractivity (Wildman–Crippen MR) is 87.6 cm³/mol. The highest BCUT2D eigenvalue weighted by molar-refractivity contribution is 5.95. The lowest BCUT2D eigenvalue weighted by Crippen LogP contribution is -2.27. The Hall–Kier alpha value is -3.51. The summed E-state index contributed by atoms with van der Waals surface area (Å²) in [5.41, 5.74) is -1.91. The molecule has 0 atom stereocenters. The van der Waals surface area contributed by atoms with Gasteiger partial charge in [-0.2, -0.15) is 18.3 Å². The molecule has 0 aliphatic carbocycles. The average molecular weight is 396 g/mol. The van der Waals surface area contributed by atoms with Gasteiger partial charge in [0, 0.05) is 12.6 Å². The Morgan fingerprint density at radius 1 is 1.25 bits per heavy atom. The topological polar surface area (TPSA) is 113 Å². The number of nitrogens with zero attached hydrogens (tertiary/aromatic N) is 7. The second-order valence-corrected chi connectivity index (χ2v) is 5.47. The number of aromatic nitrogens is 7. The highest BCUT2D eigenvalue weighted by atomic mass is 19.4. The van der Waals surface area contributed by atoms with E-state index in [9.17, 15) is 18.0 Å². The number of carbonyl (C=O) groups is 1. The third kappa shape index (κ3) is 3.77. The second kappa shape index (κ2) is 7.62. The minimum atomic E-state index is -4.85. The van der Waals surface area contributed by atoms with Gasteiger partial charge >= 0.3 is 6.18 Å². The van der Waals surface area contributed by atoms with Crippen LogP contribution in [0.25, 0.3) is 5.82 Å². The molecule has 0 saturated carbocycles. The summed E-state index contributed by atoms with van der Waals surface area (Å²) in [6, 6.07) is 2.58. The van der Waals surface area contributed by atoms with Crippen LogP contribution in [0.5, 0.6) is 5.88 Å². The lowest BCUT2D eigenvalue weighted by molar-refractivity contribution is -0.143. The zero-order valence-corrected chi connectivity index (χ0v) is 14.8. The lowest BCUT2D eigenvalue weighted by Gasteiger charge is -2.12. The number of nitrogens with one attached hydrogen (secondary N) is 1. The minimum absolute atomic E-state index is 0.0858. The Balaban J connectivity index is 1.90. The molecule has 0 aliphatic rings. The number of rotatable bonds is 6. The number of ether oxygens (including phenoxy) is 1. The van der Waals surface area contributed by atoms with E-state index in [1.165, 1.54) is 25.6 Å². The van der Waals surface area contributed by atoms with E-state index < -0.39 is 23.3 Å². The lowest BCUT2D eigenvalue weighted by atomic mass is 10.2. The SMILES string of the molecule is CCn1cnnc1CNC(=O)c1cnn(-c2ccc(OC)nn2)c1C(F)(F)F. The average Bonchev–Trinajstić information content (AvgIpc) is 3.32. The third-order valence-corrected chi connectivity index (χ3v) is 3.78. The van der Waals surface area contributed by atoms with Crippen molar-refractivity contribution in [2.75, 3.05) is 7.11 Å². The van der Waals surface area contributed by atoms with Gasteiger partial charge in [-0.15, -0.1) is 20.4 Å². The van der Waals surface area contributed by atoms with Crippen LogP contribution in [0.3, 0.4) is 0 Å². The summed E-state index contributed by atoms with van der Waals surface area (Å²) in [6.07, 6.45) is -2.56. The van der Waals surface area contributed by atoms with E-state index in [0.717, 1.165) is 6.20 Å². The van der Waals surface area contributed by atoms with Gasteiger partial charge in [-0.05, 0) is 13.0 Å². The largest absolute Gasteiger partial charge is 0.480 e. The Bertz CT molecular complexity index is 965. The van der Waals surface area contributed by atoms with Gasteiger partial charge in [0.1, 0.15) is 6.33 Å². The first-order valence-corrected chi connectivity index (χ1v) is 8.03. The van der Waals surface area contributed by atoms with Crippen LogP contribution >= 0.6 is 0 Å². The molecular formula is C15H15F3N8O2. The first kappa shape index (κ1) is 19.3. The van der Waals surface area contributed by atoms with Gasteiger partial charge < -0.3 is 14.6 Å². The summed E-state index contributed by atoms with van der Waals surface area (Å²) >= 11 is 0. The molecule has 3 rings (SSSR count). The van der Waals surface area contributed by atoms with Crippen LogP contribution in [-0.2, 0) is 19.3 Å². The highest BCUT2D eigenvalue weighted by Gasteiger charge is 2.41. The maximum absolute atomic E-state index is 13.6. The molecule has 0 spiro atoms. The second-order valence-electron chi connectivity index (χ2n) is 5.47. The van der Waals surface area contributed by atoms with Crippen molar-refractivity contribution in [3.05, 3.63) is 41.7 Å². The monoisotopic (exact) mass is 396 g/mol. The molecule has 3 aromatic rings. The van der Waals surface area contributed by atoms with Crippen molar-refractivity contribution >= 4 is 5.91 Å². The van der Waals surface area contributed by atoms with Gasteiger partial charge in [-0.25, -0.2) is 4.68 Å². The maximum atomic E-state index is 13.6. The Kier molecular flexibility index (Phi) is 5.24. The van der Waals surface area contributed by atoms with Gasteiger partial charge in [0.15, 0.2) is 17.3 Å². The Labute approximate surface area is 156 Å². The van der Waals surface area contributed by atoms with E-state index in [4.69, 9.17) is 4.74 Å². The molecule has 1 N–H and O–H groups in total. The molecule has 148 valence electrons. The zero-order valence-electron chi connectivity index (χ0n) is 14.8. The Morgan fingerprint density at radius 3 is 2.64 bits per heavy atom. The fourth-order valence-electron chi connectivity index (χ4n) is 2.43. The molecule has 3 heterocycles. The van der Waals surface area contributed by atoms with Gasteiger partial charge in [0.05, 0.1) is 25.4 Å². The van der Waals surface area contributed by atoms with Crippen molar-refractivity contribution in [1.82, 2.24) is 40.1 Å². The van der Waals surface area contributed by atoms with Crippen LogP contribution in [0.4, 0.5) is 13.2 Å². The first-order valence-electron chi connectivity index (χ1n) is 8.03.